The van der Waals surface area contributed by atoms with Gasteiger partial charge in [0.05, 0.1) is 0 Å². The summed E-state index contributed by atoms with van der Waals surface area (Å²) in [6.07, 6.45) is 1.42. The molecule has 0 aromatic rings. The molecule has 0 amide bonds. The number of nitrogens with zero attached hydrogens (tertiary/aromatic N) is 1. The Morgan fingerprint density at radius 2 is 2.00 bits per heavy atom. The van der Waals surface area contributed by atoms with E-state index >= 15 is 0 Å². The van der Waals surface area contributed by atoms with Crippen LogP contribution in [0.5, 0.6) is 0 Å². The summed E-state index contributed by atoms with van der Waals surface area (Å²) in [5.74, 6) is 1.87. The standard InChI is InChI=1S/C6H10N2S/c7-6(9)8-2-4-1-5(4)3-8/h4-5H,1-3H2,(H2,7,9). The van der Waals surface area contributed by atoms with Crippen molar-refractivity contribution >= 4 is 17.3 Å². The fourth-order valence-electron chi connectivity index (χ4n) is 1.58. The Morgan fingerprint density at radius 3 is 2.33 bits per heavy atom. The summed E-state index contributed by atoms with van der Waals surface area (Å²) in [5.41, 5.74) is 5.44. The van der Waals surface area contributed by atoms with Crippen LogP contribution in [-0.2, 0) is 0 Å². The highest BCUT2D eigenvalue weighted by molar-refractivity contribution is 7.80. The first-order valence-corrected chi connectivity index (χ1v) is 3.72. The number of hydrogen-bond donors (Lipinski definition) is 1. The van der Waals surface area contributed by atoms with Gasteiger partial charge in [-0.05, 0) is 30.5 Å². The third-order valence-corrected chi connectivity index (χ3v) is 2.55. The quantitative estimate of drug-likeness (QED) is 0.489. The van der Waals surface area contributed by atoms with Gasteiger partial charge in [0.25, 0.3) is 0 Å². The number of nitrogens with two attached hydrogens (primary N) is 1. The van der Waals surface area contributed by atoms with Gasteiger partial charge in [-0.2, -0.15) is 0 Å². The summed E-state index contributed by atoms with van der Waals surface area (Å²) in [6, 6.07) is 0. The fourth-order valence-corrected chi connectivity index (χ4v) is 1.73. The van der Waals surface area contributed by atoms with Gasteiger partial charge in [0.15, 0.2) is 5.11 Å². The minimum Gasteiger partial charge on any atom is -0.376 e. The maximum Gasteiger partial charge on any atom is 0.166 e. The van der Waals surface area contributed by atoms with E-state index in [2.05, 4.69) is 4.90 Å². The minimum absolute atomic E-state index is 0.585. The van der Waals surface area contributed by atoms with Gasteiger partial charge in [0.1, 0.15) is 0 Å². The van der Waals surface area contributed by atoms with E-state index in [0.29, 0.717) is 5.11 Å². The smallest absolute Gasteiger partial charge is 0.166 e. The molecule has 2 unspecified atom stereocenters. The third kappa shape index (κ3) is 0.796. The molecule has 1 aliphatic carbocycles. The van der Waals surface area contributed by atoms with Crippen LogP contribution >= 0.6 is 12.2 Å². The van der Waals surface area contributed by atoms with Gasteiger partial charge in [-0.3, -0.25) is 0 Å². The van der Waals surface area contributed by atoms with Gasteiger partial charge < -0.3 is 10.6 Å². The molecule has 0 bridgehead atoms. The van der Waals surface area contributed by atoms with Crippen molar-refractivity contribution in [3.8, 4) is 0 Å². The van der Waals surface area contributed by atoms with Gasteiger partial charge in [-0.25, -0.2) is 0 Å². The molecule has 1 heterocycles. The summed E-state index contributed by atoms with van der Waals surface area (Å²) in [7, 11) is 0. The minimum atomic E-state index is 0.585. The van der Waals surface area contributed by atoms with Crippen molar-refractivity contribution in [2.75, 3.05) is 13.1 Å². The topological polar surface area (TPSA) is 29.3 Å². The van der Waals surface area contributed by atoms with E-state index in [0.717, 1.165) is 24.9 Å². The normalized spacial score (nSPS) is 38.4. The van der Waals surface area contributed by atoms with E-state index in [1.165, 1.54) is 6.42 Å². The van der Waals surface area contributed by atoms with E-state index in [4.69, 9.17) is 18.0 Å². The lowest BCUT2D eigenvalue weighted by Gasteiger charge is -2.16. The zero-order chi connectivity index (χ0) is 6.43. The van der Waals surface area contributed by atoms with Crippen LogP contribution in [0.2, 0.25) is 0 Å². The number of rotatable bonds is 0. The molecule has 0 spiro atoms. The predicted octanol–water partition coefficient (Wildman–Crippen LogP) is 0.182. The zero-order valence-corrected chi connectivity index (χ0v) is 6.03. The van der Waals surface area contributed by atoms with Crippen LogP contribution in [-0.4, -0.2) is 23.1 Å². The van der Waals surface area contributed by atoms with Gasteiger partial charge >= 0.3 is 0 Å². The van der Waals surface area contributed by atoms with Crippen molar-refractivity contribution in [3.63, 3.8) is 0 Å². The molecule has 2 N–H and O–H groups in total. The van der Waals surface area contributed by atoms with Crippen molar-refractivity contribution in [2.45, 2.75) is 6.42 Å². The zero-order valence-electron chi connectivity index (χ0n) is 5.21. The monoisotopic (exact) mass is 142 g/mol. The molecule has 3 heteroatoms. The Morgan fingerprint density at radius 1 is 1.44 bits per heavy atom. The highest BCUT2D eigenvalue weighted by Gasteiger charge is 2.45. The van der Waals surface area contributed by atoms with Crippen LogP contribution in [0.3, 0.4) is 0 Å². The van der Waals surface area contributed by atoms with Crippen LogP contribution < -0.4 is 5.73 Å². The molecule has 0 aromatic carbocycles. The van der Waals surface area contributed by atoms with E-state index in [-0.39, 0.29) is 0 Å². The second kappa shape index (κ2) is 1.59. The van der Waals surface area contributed by atoms with E-state index in [9.17, 15) is 0 Å². The molecule has 0 aromatic heterocycles. The fraction of sp³-hybridized carbons (Fsp3) is 0.833. The van der Waals surface area contributed by atoms with Crippen LogP contribution in [0.25, 0.3) is 0 Å². The highest BCUT2D eigenvalue weighted by Crippen LogP contribution is 2.44. The molecule has 0 radical (unpaired) electrons. The highest BCUT2D eigenvalue weighted by atomic mass is 32.1. The Bertz CT molecular complexity index is 147. The predicted molar refractivity (Wildman–Crippen MR) is 40.0 cm³/mol. The molecule has 2 aliphatic rings. The first kappa shape index (κ1) is 5.47. The maximum atomic E-state index is 5.44. The van der Waals surface area contributed by atoms with Gasteiger partial charge in [-0.1, -0.05) is 0 Å². The molecule has 2 nitrogen and oxygen atoms in total. The molecule has 50 valence electrons. The summed E-state index contributed by atoms with van der Waals surface area (Å²) in [4.78, 5) is 2.11. The van der Waals surface area contributed by atoms with E-state index in [1.54, 1.807) is 0 Å². The van der Waals surface area contributed by atoms with Crippen molar-refractivity contribution in [1.29, 1.82) is 0 Å². The second-order valence-electron chi connectivity index (χ2n) is 3.00. The van der Waals surface area contributed by atoms with Crippen molar-refractivity contribution in [1.82, 2.24) is 4.90 Å². The van der Waals surface area contributed by atoms with Crippen LogP contribution in [0.1, 0.15) is 6.42 Å². The first-order valence-electron chi connectivity index (χ1n) is 3.32. The summed E-state index contributed by atoms with van der Waals surface area (Å²) in [5, 5.41) is 0.585. The van der Waals surface area contributed by atoms with Crippen molar-refractivity contribution in [2.24, 2.45) is 17.6 Å². The SMILES string of the molecule is NC(=S)N1CC2CC2C1. The molecule has 1 aliphatic heterocycles. The number of fused-ring (bicyclic) bond motifs is 1. The Balaban J connectivity index is 1.97. The average Bonchev–Trinajstić information content (AvgIpc) is 2.40. The number of likely N-dealkylation sites (tertiary alicyclic amines) is 1. The van der Waals surface area contributed by atoms with E-state index in [1.807, 2.05) is 0 Å². The molecule has 1 saturated carbocycles. The molecule has 1 saturated heterocycles. The van der Waals surface area contributed by atoms with Crippen molar-refractivity contribution < 1.29 is 0 Å². The van der Waals surface area contributed by atoms with Crippen molar-refractivity contribution in [3.05, 3.63) is 0 Å². The third-order valence-electron chi connectivity index (χ3n) is 2.29. The van der Waals surface area contributed by atoms with Gasteiger partial charge in [0, 0.05) is 13.1 Å². The molecule has 2 fully saturated rings. The summed E-state index contributed by atoms with van der Waals surface area (Å²) >= 11 is 4.83. The lowest BCUT2D eigenvalue weighted by Crippen LogP contribution is -2.34. The first-order chi connectivity index (χ1) is 4.27. The summed E-state index contributed by atoms with van der Waals surface area (Å²) < 4.78 is 0. The molecular weight excluding hydrogens is 132 g/mol. The number of piperidine rings is 1. The summed E-state index contributed by atoms with van der Waals surface area (Å²) in [6.45, 7) is 2.25. The van der Waals surface area contributed by atoms with Crippen LogP contribution in [0.4, 0.5) is 0 Å². The second-order valence-corrected chi connectivity index (χ2v) is 3.42. The number of thiocarbonyl (C=S) groups is 1. The lowest BCUT2D eigenvalue weighted by molar-refractivity contribution is 0.465. The Kier molecular flexibility index (Phi) is 0.970. The van der Waals surface area contributed by atoms with Gasteiger partial charge in [0.2, 0.25) is 0 Å². The Hall–Kier alpha value is -0.310. The van der Waals surface area contributed by atoms with Crippen LogP contribution in [0.15, 0.2) is 0 Å². The maximum absolute atomic E-state index is 5.44. The lowest BCUT2D eigenvalue weighted by atomic mass is 10.4. The molecule has 2 atom stereocenters. The molecule has 9 heavy (non-hydrogen) atoms. The largest absolute Gasteiger partial charge is 0.376 e. The number of hydrogen-bond acceptors (Lipinski definition) is 1. The molecular formula is C6H10N2S. The Labute approximate surface area is 60.0 Å². The van der Waals surface area contributed by atoms with Crippen LogP contribution in [0, 0.1) is 11.8 Å². The van der Waals surface area contributed by atoms with Gasteiger partial charge in [-0.15, -0.1) is 0 Å². The molecule has 2 rings (SSSR count). The van der Waals surface area contributed by atoms with E-state index < -0.39 is 0 Å². The average molecular weight is 142 g/mol.